The van der Waals surface area contributed by atoms with Gasteiger partial charge in [0.25, 0.3) is 0 Å². The Hall–Kier alpha value is -0.500. The third-order valence-electron chi connectivity index (χ3n) is 5.17. The molecule has 0 saturated heterocycles. The molecule has 0 heterocycles. The molecular weight excluding hydrogens is 445 g/mol. The maximum atomic E-state index is 12.2. The zero-order chi connectivity index (χ0) is 25.0. The molecule has 0 aliphatic rings. The minimum absolute atomic E-state index is 0.0912. The minimum Gasteiger partial charge on any atom is -0.457 e. The van der Waals surface area contributed by atoms with E-state index in [4.69, 9.17) is 18.5 Å². The molecule has 0 aliphatic carbocycles. The zero-order valence-corrected chi connectivity index (χ0v) is 22.8. The highest BCUT2D eigenvalue weighted by molar-refractivity contribution is 7.47. The van der Waals surface area contributed by atoms with Crippen LogP contribution in [0.2, 0.25) is 0 Å². The van der Waals surface area contributed by atoms with Crippen LogP contribution in [-0.2, 0) is 27.9 Å². The highest BCUT2D eigenvalue weighted by Gasteiger charge is 2.26. The molecule has 0 aromatic carbocycles. The normalized spacial score (nSPS) is 14.7. The first kappa shape index (κ1) is 32.5. The molecule has 0 amide bonds. The number of phosphoric acid groups is 1. The number of esters is 1. The molecule has 8 nitrogen and oxygen atoms in total. The van der Waals surface area contributed by atoms with E-state index in [0.29, 0.717) is 24.1 Å². The molecule has 33 heavy (non-hydrogen) atoms. The number of carbonyl (C=O) groups excluding carboxylic acids is 1. The lowest BCUT2D eigenvalue weighted by Crippen LogP contribution is -2.37. The molecule has 0 aromatic rings. The molecular formula is C24H51NO7P+. The second kappa shape index (κ2) is 19.8. The van der Waals surface area contributed by atoms with E-state index >= 15 is 0 Å². The zero-order valence-electron chi connectivity index (χ0n) is 21.9. The summed E-state index contributed by atoms with van der Waals surface area (Å²) in [6.45, 7) is 5.43. The monoisotopic (exact) mass is 496 g/mol. The summed E-state index contributed by atoms with van der Waals surface area (Å²) in [7, 11) is 1.66. The summed E-state index contributed by atoms with van der Waals surface area (Å²) in [4.78, 5) is 22.1. The van der Waals surface area contributed by atoms with Crippen LogP contribution >= 0.6 is 7.82 Å². The Labute approximate surface area is 202 Å². The third kappa shape index (κ3) is 23.0. The van der Waals surface area contributed by atoms with E-state index in [9.17, 15) is 14.3 Å². The van der Waals surface area contributed by atoms with E-state index < -0.39 is 13.9 Å². The molecule has 0 aromatic heterocycles. The van der Waals surface area contributed by atoms with Crippen molar-refractivity contribution in [3.05, 3.63) is 0 Å². The Bertz CT molecular complexity index is 525. The molecule has 0 fully saturated rings. The molecule has 9 heteroatoms. The van der Waals surface area contributed by atoms with Gasteiger partial charge in [-0.25, -0.2) is 4.57 Å². The molecule has 0 bridgehead atoms. The third-order valence-corrected chi connectivity index (χ3v) is 6.15. The minimum atomic E-state index is -4.23. The number of quaternary nitrogens is 1. The lowest BCUT2D eigenvalue weighted by atomic mass is 10.1. The van der Waals surface area contributed by atoms with E-state index in [2.05, 4.69) is 13.8 Å². The Morgan fingerprint density at radius 1 is 0.818 bits per heavy atom. The van der Waals surface area contributed by atoms with Crippen molar-refractivity contribution in [1.82, 2.24) is 0 Å². The number of hydrogen-bond acceptors (Lipinski definition) is 6. The van der Waals surface area contributed by atoms with Crippen molar-refractivity contribution in [2.24, 2.45) is 0 Å². The van der Waals surface area contributed by atoms with Gasteiger partial charge in [0.2, 0.25) is 0 Å². The molecule has 0 spiro atoms. The van der Waals surface area contributed by atoms with Crippen LogP contribution in [0.3, 0.4) is 0 Å². The smallest absolute Gasteiger partial charge is 0.457 e. The fourth-order valence-corrected chi connectivity index (χ4v) is 3.82. The van der Waals surface area contributed by atoms with Gasteiger partial charge in [0.05, 0.1) is 34.4 Å². The van der Waals surface area contributed by atoms with Crippen LogP contribution in [0.1, 0.15) is 90.9 Å². The lowest BCUT2D eigenvalue weighted by molar-refractivity contribution is -0.870. The van der Waals surface area contributed by atoms with E-state index in [1.165, 1.54) is 32.1 Å². The summed E-state index contributed by atoms with van der Waals surface area (Å²) in [5, 5.41) is 0. The first-order chi connectivity index (χ1) is 15.6. The van der Waals surface area contributed by atoms with Crippen LogP contribution in [0.5, 0.6) is 0 Å². The molecule has 198 valence electrons. The first-order valence-electron chi connectivity index (χ1n) is 12.8. The van der Waals surface area contributed by atoms with Gasteiger partial charge in [-0.3, -0.25) is 13.8 Å². The Morgan fingerprint density at radius 2 is 1.39 bits per heavy atom. The van der Waals surface area contributed by atoms with Crippen LogP contribution in [0.25, 0.3) is 0 Å². The SMILES string of the molecule is CCCCCCCCCOCC(COP(=O)(O)OCC[N+](C)(C)C)OC(=O)CCCCCC. The number of likely N-dealkylation sites (N-methyl/N-ethyl adjacent to an activating group) is 1. The fraction of sp³-hybridized carbons (Fsp3) is 0.958. The second-order valence-electron chi connectivity index (χ2n) is 9.73. The van der Waals surface area contributed by atoms with Crippen LogP contribution in [-0.4, -0.2) is 75.6 Å². The van der Waals surface area contributed by atoms with E-state index in [-0.39, 0.29) is 25.8 Å². The van der Waals surface area contributed by atoms with E-state index in [1.807, 2.05) is 21.1 Å². The van der Waals surface area contributed by atoms with Gasteiger partial charge < -0.3 is 18.9 Å². The molecule has 0 saturated carbocycles. The van der Waals surface area contributed by atoms with Crippen molar-refractivity contribution in [2.45, 2.75) is 97.0 Å². The Balaban J connectivity index is 4.41. The van der Waals surface area contributed by atoms with Crippen LogP contribution in [0.4, 0.5) is 0 Å². The van der Waals surface area contributed by atoms with Crippen molar-refractivity contribution < 1.29 is 37.3 Å². The Morgan fingerprint density at radius 3 is 2.00 bits per heavy atom. The highest BCUT2D eigenvalue weighted by Crippen LogP contribution is 2.43. The number of rotatable bonds is 23. The number of nitrogens with zero attached hydrogens (tertiary/aromatic N) is 1. The average molecular weight is 497 g/mol. The van der Waals surface area contributed by atoms with E-state index in [1.54, 1.807) is 0 Å². The topological polar surface area (TPSA) is 91.3 Å². The molecule has 1 N–H and O–H groups in total. The molecule has 0 radical (unpaired) electrons. The number of hydrogen-bond donors (Lipinski definition) is 1. The van der Waals surface area contributed by atoms with E-state index in [0.717, 1.165) is 38.5 Å². The molecule has 0 rings (SSSR count). The van der Waals surface area contributed by atoms with Gasteiger partial charge in [0.15, 0.2) is 0 Å². The second-order valence-corrected chi connectivity index (χ2v) is 11.2. The van der Waals surface area contributed by atoms with Crippen LogP contribution in [0.15, 0.2) is 0 Å². The predicted molar refractivity (Wildman–Crippen MR) is 132 cm³/mol. The summed E-state index contributed by atoms with van der Waals surface area (Å²) in [6.07, 6.45) is 11.8. The van der Waals surface area contributed by atoms with Gasteiger partial charge in [-0.1, -0.05) is 71.6 Å². The maximum absolute atomic E-state index is 12.2. The summed E-state index contributed by atoms with van der Waals surface area (Å²) in [6, 6.07) is 0. The van der Waals surface area contributed by atoms with Crippen molar-refractivity contribution in [1.29, 1.82) is 0 Å². The summed E-state index contributed by atoms with van der Waals surface area (Å²) in [5.74, 6) is -0.335. The van der Waals surface area contributed by atoms with Crippen molar-refractivity contribution in [3.8, 4) is 0 Å². The molecule has 0 aliphatic heterocycles. The van der Waals surface area contributed by atoms with Gasteiger partial charge in [-0.05, 0) is 12.8 Å². The fourth-order valence-electron chi connectivity index (χ4n) is 3.08. The standard InChI is InChI=1S/C24H50NO7P/c1-6-8-10-12-13-14-16-19-29-21-23(32-24(26)17-15-11-9-7-2)22-31-33(27,28)30-20-18-25(3,4)5/h23H,6-22H2,1-5H3/p+1. The highest BCUT2D eigenvalue weighted by atomic mass is 31.2. The largest absolute Gasteiger partial charge is 0.472 e. The summed E-state index contributed by atoms with van der Waals surface area (Å²) in [5.41, 5.74) is 0. The maximum Gasteiger partial charge on any atom is 0.472 e. The van der Waals surface area contributed by atoms with Crippen molar-refractivity contribution in [2.75, 3.05) is 54.1 Å². The van der Waals surface area contributed by atoms with Gasteiger partial charge in [-0.2, -0.15) is 0 Å². The molecule has 2 atom stereocenters. The Kier molecular flexibility index (Phi) is 19.5. The number of phosphoric ester groups is 1. The van der Waals surface area contributed by atoms with Crippen molar-refractivity contribution >= 4 is 13.8 Å². The average Bonchev–Trinajstić information content (AvgIpc) is 2.72. The lowest BCUT2D eigenvalue weighted by Gasteiger charge is -2.24. The van der Waals surface area contributed by atoms with Gasteiger partial charge in [-0.15, -0.1) is 0 Å². The van der Waals surface area contributed by atoms with Crippen molar-refractivity contribution in [3.63, 3.8) is 0 Å². The number of unbranched alkanes of at least 4 members (excludes halogenated alkanes) is 9. The van der Waals surface area contributed by atoms with Crippen LogP contribution < -0.4 is 0 Å². The van der Waals surface area contributed by atoms with Gasteiger partial charge >= 0.3 is 13.8 Å². The van der Waals surface area contributed by atoms with Crippen LogP contribution in [0, 0.1) is 0 Å². The number of carbonyl (C=O) groups is 1. The number of ether oxygens (including phenoxy) is 2. The summed E-state index contributed by atoms with van der Waals surface area (Å²) < 4.78 is 34.1. The first-order valence-corrected chi connectivity index (χ1v) is 14.3. The van der Waals surface area contributed by atoms with Gasteiger partial charge in [0.1, 0.15) is 19.3 Å². The quantitative estimate of drug-likeness (QED) is 0.0867. The van der Waals surface area contributed by atoms with Gasteiger partial charge in [0, 0.05) is 13.0 Å². The summed E-state index contributed by atoms with van der Waals surface area (Å²) >= 11 is 0. The predicted octanol–water partition coefficient (Wildman–Crippen LogP) is 5.48. The molecule has 2 unspecified atom stereocenters.